The molecule has 0 aliphatic heterocycles. The molecule has 0 fully saturated rings. The summed E-state index contributed by atoms with van der Waals surface area (Å²) in [6, 6.07) is 0. The second-order valence-electron chi connectivity index (χ2n) is 3.47. The Morgan fingerprint density at radius 3 is 2.65 bits per heavy atom. The number of rotatable bonds is 2. The van der Waals surface area contributed by atoms with Crippen LogP contribution in [0.25, 0.3) is 16.7 Å². The van der Waals surface area contributed by atoms with Crippen LogP contribution in [-0.2, 0) is 6.42 Å². The Labute approximate surface area is 96.5 Å². The van der Waals surface area contributed by atoms with Crippen molar-refractivity contribution in [2.24, 2.45) is 0 Å². The summed E-state index contributed by atoms with van der Waals surface area (Å²) in [5, 5.41) is 12.5. The lowest BCUT2D eigenvalue weighted by Crippen LogP contribution is -2.03. The molecule has 0 amide bonds. The average molecular weight is 230 g/mol. The number of hydrogen-bond donors (Lipinski definition) is 0. The predicted molar refractivity (Wildman–Crippen MR) is 59.8 cm³/mol. The molecule has 7 nitrogen and oxygen atoms in total. The normalized spacial score (nSPS) is 11.2. The summed E-state index contributed by atoms with van der Waals surface area (Å²) in [4.78, 5) is 8.47. The van der Waals surface area contributed by atoms with E-state index in [4.69, 9.17) is 4.74 Å². The molecular formula is C10H10N6O. The van der Waals surface area contributed by atoms with Gasteiger partial charge in [0.1, 0.15) is 5.52 Å². The van der Waals surface area contributed by atoms with Crippen LogP contribution in [0.15, 0.2) is 12.4 Å². The van der Waals surface area contributed by atoms with E-state index in [1.54, 1.807) is 24.0 Å². The summed E-state index contributed by atoms with van der Waals surface area (Å²) in [6.45, 7) is 1.99. The quantitative estimate of drug-likeness (QED) is 0.642. The zero-order valence-corrected chi connectivity index (χ0v) is 9.45. The highest BCUT2D eigenvalue weighted by molar-refractivity contribution is 5.89. The lowest BCUT2D eigenvalue weighted by Gasteiger charge is -2.04. The van der Waals surface area contributed by atoms with E-state index in [2.05, 4.69) is 25.3 Å². The van der Waals surface area contributed by atoms with Crippen LogP contribution in [0.2, 0.25) is 0 Å². The minimum Gasteiger partial charge on any atom is -0.478 e. The molecule has 3 heterocycles. The van der Waals surface area contributed by atoms with E-state index in [9.17, 15) is 0 Å². The van der Waals surface area contributed by atoms with Gasteiger partial charge in [-0.15, -0.1) is 15.3 Å². The largest absolute Gasteiger partial charge is 0.478 e. The number of aromatic nitrogens is 6. The second-order valence-corrected chi connectivity index (χ2v) is 3.47. The Balaban J connectivity index is 2.51. The lowest BCUT2D eigenvalue weighted by atomic mass is 10.4. The van der Waals surface area contributed by atoms with Crippen molar-refractivity contribution in [3.05, 3.63) is 18.2 Å². The molecule has 0 aliphatic carbocycles. The number of fused-ring (bicyclic) bond motifs is 3. The molecule has 3 rings (SSSR count). The van der Waals surface area contributed by atoms with E-state index in [0.717, 1.165) is 12.2 Å². The SMILES string of the molecule is CCc1nnc2c3nccnc3c(OC)nn12. The number of ether oxygens (including phenoxy) is 1. The summed E-state index contributed by atoms with van der Waals surface area (Å²) in [5.74, 6) is 1.20. The van der Waals surface area contributed by atoms with Crippen molar-refractivity contribution in [3.63, 3.8) is 0 Å². The first-order chi connectivity index (χ1) is 8.35. The first-order valence-corrected chi connectivity index (χ1v) is 5.24. The number of aryl methyl sites for hydroxylation is 1. The van der Waals surface area contributed by atoms with Crippen LogP contribution in [-0.4, -0.2) is 36.9 Å². The number of nitrogens with zero attached hydrogens (tertiary/aromatic N) is 6. The van der Waals surface area contributed by atoms with Crippen LogP contribution in [0, 0.1) is 0 Å². The van der Waals surface area contributed by atoms with Crippen LogP contribution in [0.1, 0.15) is 12.7 Å². The molecule has 0 atom stereocenters. The highest BCUT2D eigenvalue weighted by atomic mass is 16.5. The van der Waals surface area contributed by atoms with Crippen LogP contribution >= 0.6 is 0 Å². The average Bonchev–Trinajstić information content (AvgIpc) is 2.80. The molecule has 17 heavy (non-hydrogen) atoms. The minimum absolute atomic E-state index is 0.426. The van der Waals surface area contributed by atoms with Crippen molar-refractivity contribution in [2.45, 2.75) is 13.3 Å². The molecule has 86 valence electrons. The third kappa shape index (κ3) is 1.32. The number of hydrogen-bond acceptors (Lipinski definition) is 6. The first kappa shape index (κ1) is 9.88. The van der Waals surface area contributed by atoms with E-state index in [1.165, 1.54) is 0 Å². The molecule has 0 radical (unpaired) electrons. The van der Waals surface area contributed by atoms with Crippen LogP contribution < -0.4 is 4.74 Å². The highest BCUT2D eigenvalue weighted by Gasteiger charge is 2.15. The van der Waals surface area contributed by atoms with Crippen molar-refractivity contribution in [3.8, 4) is 5.88 Å². The fourth-order valence-corrected chi connectivity index (χ4v) is 1.72. The number of methoxy groups -OCH3 is 1. The monoisotopic (exact) mass is 230 g/mol. The van der Waals surface area contributed by atoms with E-state index >= 15 is 0 Å². The molecule has 3 aromatic rings. The van der Waals surface area contributed by atoms with E-state index in [1.807, 2.05) is 6.92 Å². The van der Waals surface area contributed by atoms with Gasteiger partial charge in [0, 0.05) is 18.8 Å². The molecule has 0 aromatic carbocycles. The van der Waals surface area contributed by atoms with Crippen molar-refractivity contribution in [1.29, 1.82) is 0 Å². The van der Waals surface area contributed by atoms with Gasteiger partial charge in [0.2, 0.25) is 5.65 Å². The van der Waals surface area contributed by atoms with Crippen molar-refractivity contribution < 1.29 is 4.74 Å². The molecular weight excluding hydrogens is 220 g/mol. The molecule has 3 aromatic heterocycles. The molecule has 0 bridgehead atoms. The third-order valence-electron chi connectivity index (χ3n) is 2.52. The predicted octanol–water partition coefficient (Wildman–Crippen LogP) is 0.638. The van der Waals surface area contributed by atoms with Crippen LogP contribution in [0.4, 0.5) is 0 Å². The molecule has 0 spiro atoms. The zero-order chi connectivity index (χ0) is 11.8. The molecule has 7 heteroatoms. The van der Waals surface area contributed by atoms with Crippen molar-refractivity contribution in [2.75, 3.05) is 7.11 Å². The Morgan fingerprint density at radius 1 is 1.18 bits per heavy atom. The summed E-state index contributed by atoms with van der Waals surface area (Å²) in [5.41, 5.74) is 1.84. The van der Waals surface area contributed by atoms with Gasteiger partial charge in [0.05, 0.1) is 7.11 Å². The molecule has 0 aliphatic rings. The summed E-state index contributed by atoms with van der Waals surface area (Å²) < 4.78 is 6.86. The van der Waals surface area contributed by atoms with Gasteiger partial charge in [0.25, 0.3) is 5.88 Å². The standard InChI is InChI=1S/C10H10N6O/c1-3-6-13-14-9-7-8(12-5-4-11-7)10(17-2)15-16(6)9/h4-5H,3H2,1-2H3. The van der Waals surface area contributed by atoms with Crippen molar-refractivity contribution >= 4 is 16.7 Å². The maximum Gasteiger partial charge on any atom is 0.260 e. The van der Waals surface area contributed by atoms with E-state index in [-0.39, 0.29) is 0 Å². The van der Waals surface area contributed by atoms with Gasteiger partial charge in [-0.3, -0.25) is 0 Å². The summed E-state index contributed by atoms with van der Waals surface area (Å²) >= 11 is 0. The molecule has 0 N–H and O–H groups in total. The van der Waals surface area contributed by atoms with Crippen LogP contribution in [0.3, 0.4) is 0 Å². The Bertz CT molecular complexity index is 692. The van der Waals surface area contributed by atoms with Gasteiger partial charge in [-0.25, -0.2) is 9.97 Å². The van der Waals surface area contributed by atoms with Gasteiger partial charge in [-0.05, 0) is 0 Å². The summed E-state index contributed by atoms with van der Waals surface area (Å²) in [7, 11) is 1.55. The maximum absolute atomic E-state index is 5.21. The van der Waals surface area contributed by atoms with Gasteiger partial charge >= 0.3 is 0 Å². The Hall–Kier alpha value is -2.31. The fourth-order valence-electron chi connectivity index (χ4n) is 1.72. The summed E-state index contributed by atoms with van der Waals surface area (Å²) in [6.07, 6.45) is 3.95. The van der Waals surface area contributed by atoms with Gasteiger partial charge in [-0.1, -0.05) is 6.92 Å². The Kier molecular flexibility index (Phi) is 2.10. The van der Waals surface area contributed by atoms with Crippen LogP contribution in [0.5, 0.6) is 5.88 Å². The van der Waals surface area contributed by atoms with Crippen molar-refractivity contribution in [1.82, 2.24) is 29.8 Å². The highest BCUT2D eigenvalue weighted by Crippen LogP contribution is 2.22. The van der Waals surface area contributed by atoms with Gasteiger partial charge in [-0.2, -0.15) is 4.52 Å². The lowest BCUT2D eigenvalue weighted by molar-refractivity contribution is 0.394. The van der Waals surface area contributed by atoms with Gasteiger partial charge < -0.3 is 4.74 Å². The molecule has 0 unspecified atom stereocenters. The second kappa shape index (κ2) is 3.62. The maximum atomic E-state index is 5.21. The third-order valence-corrected chi connectivity index (χ3v) is 2.52. The molecule has 0 saturated heterocycles. The topological polar surface area (TPSA) is 78.1 Å². The Morgan fingerprint density at radius 2 is 1.94 bits per heavy atom. The van der Waals surface area contributed by atoms with E-state index < -0.39 is 0 Å². The smallest absolute Gasteiger partial charge is 0.260 e. The first-order valence-electron chi connectivity index (χ1n) is 5.24. The van der Waals surface area contributed by atoms with Gasteiger partial charge in [0.15, 0.2) is 11.3 Å². The minimum atomic E-state index is 0.426. The zero-order valence-electron chi connectivity index (χ0n) is 9.45. The molecule has 0 saturated carbocycles. The van der Waals surface area contributed by atoms with E-state index in [0.29, 0.717) is 22.6 Å². The fraction of sp³-hybridized carbons (Fsp3) is 0.300.